The molecule has 5 heteroatoms. The molecule has 0 aliphatic rings. The van der Waals surface area contributed by atoms with Gasteiger partial charge in [0.2, 0.25) is 0 Å². The van der Waals surface area contributed by atoms with Gasteiger partial charge in [-0.1, -0.05) is 0 Å². The Bertz CT molecular complexity index is 19.2. The third-order valence-corrected chi connectivity index (χ3v) is 0. The van der Waals surface area contributed by atoms with E-state index >= 15 is 0 Å². The summed E-state index contributed by atoms with van der Waals surface area (Å²) in [5.41, 5.74) is 0. The van der Waals surface area contributed by atoms with Crippen molar-refractivity contribution < 1.29 is 47.2 Å². The Morgan fingerprint density at radius 3 is 0.625 bits per heavy atom. The molecule has 0 saturated carbocycles. The van der Waals surface area contributed by atoms with Gasteiger partial charge in [0.25, 0.3) is 0 Å². The maximum atomic E-state index is 8.00. The second-order valence-electron chi connectivity index (χ2n) is 0. The average molecular weight is 312 g/mol. The molecule has 0 aromatic rings. The summed E-state index contributed by atoms with van der Waals surface area (Å²) in [6.07, 6.45) is 0. The van der Waals surface area contributed by atoms with Gasteiger partial charge in [-0.2, -0.15) is 0 Å². The summed E-state index contributed by atoms with van der Waals surface area (Å²) in [6, 6.07) is 0. The number of halogens is 1. The second kappa shape index (κ2) is 174000. The van der Waals surface area contributed by atoms with E-state index in [1.807, 2.05) is 20.4 Å². The molecule has 0 aliphatic heterocycles. The zero-order valence-electron chi connectivity index (χ0n) is 4.10. The van der Waals surface area contributed by atoms with E-state index in [0.29, 0.717) is 0 Å². The van der Waals surface area contributed by atoms with Gasteiger partial charge in [0.05, 0.1) is 0 Å². The Hall–Kier alpha value is -0.0377. The van der Waals surface area contributed by atoms with E-state index < -0.39 is 0 Å². The molecule has 3 nitrogen and oxygen atoms in total. The molecule has 0 bridgehead atoms. The molecule has 0 fully saturated rings. The van der Waals surface area contributed by atoms with Crippen LogP contribution in [0.15, 0.2) is 0 Å². The summed E-state index contributed by atoms with van der Waals surface area (Å²) < 4.78 is 0. The smallest absolute Gasteiger partial charge is 1.00 e. The standard InChI is InChI=1S/3CH2O.ClH.Re/c3*1-2;;/h3*1H2;1H;/q;;;;+1/p-1. The molecule has 0 aromatic heterocycles. The zero-order valence-corrected chi connectivity index (χ0v) is 7.57. The van der Waals surface area contributed by atoms with Crippen molar-refractivity contribution in [2.75, 3.05) is 0 Å². The van der Waals surface area contributed by atoms with Crippen LogP contribution in [0.3, 0.4) is 0 Å². The normalized spacial score (nSPS) is 1.50. The van der Waals surface area contributed by atoms with Crippen molar-refractivity contribution in [3.63, 3.8) is 0 Å². The summed E-state index contributed by atoms with van der Waals surface area (Å²) in [5.74, 6) is 0. The van der Waals surface area contributed by atoms with Gasteiger partial charge in [0.15, 0.2) is 0 Å². The minimum Gasteiger partial charge on any atom is -1.00 e. The fourth-order valence-electron chi connectivity index (χ4n) is 0. The van der Waals surface area contributed by atoms with Crippen LogP contribution in [0.5, 0.6) is 0 Å². The molecule has 0 aromatic carbocycles. The van der Waals surface area contributed by atoms with Crippen molar-refractivity contribution >= 4 is 20.4 Å². The first kappa shape index (κ1) is 44.0. The Balaban J connectivity index is -0.00000000500. The largest absolute Gasteiger partial charge is 1.00 e. The molecule has 0 rings (SSSR count). The van der Waals surface area contributed by atoms with Crippen molar-refractivity contribution in [2.45, 2.75) is 0 Å². The van der Waals surface area contributed by atoms with Gasteiger partial charge in [-0.15, -0.1) is 0 Å². The number of hydrogen-bond donors (Lipinski definition) is 0. The van der Waals surface area contributed by atoms with E-state index in [4.69, 9.17) is 14.4 Å². The van der Waals surface area contributed by atoms with Crippen LogP contribution in [0, 0.1) is 0 Å². The van der Waals surface area contributed by atoms with E-state index in [1.54, 1.807) is 0 Å². The summed E-state index contributed by atoms with van der Waals surface area (Å²) >= 11 is 0. The molecule has 0 N–H and O–H groups in total. The molecule has 0 atom stereocenters. The Labute approximate surface area is 67.9 Å². The van der Waals surface area contributed by atoms with Crippen LogP contribution >= 0.6 is 0 Å². The van der Waals surface area contributed by atoms with Crippen LogP contribution in [0.25, 0.3) is 0 Å². The molecule has 0 heterocycles. The molecule has 0 unspecified atom stereocenters. The Morgan fingerprint density at radius 1 is 0.625 bits per heavy atom. The van der Waals surface area contributed by atoms with Crippen LogP contribution in [0.1, 0.15) is 0 Å². The van der Waals surface area contributed by atoms with E-state index in [-0.39, 0.29) is 32.8 Å². The van der Waals surface area contributed by atoms with E-state index in [9.17, 15) is 0 Å². The Kier molecular flexibility index (Phi) is 959000. The summed E-state index contributed by atoms with van der Waals surface area (Å²) in [5, 5.41) is 0. The Morgan fingerprint density at radius 2 is 0.625 bits per heavy atom. The van der Waals surface area contributed by atoms with E-state index in [2.05, 4.69) is 0 Å². The maximum absolute atomic E-state index is 8.00. The quantitative estimate of drug-likeness (QED) is 0.465. The van der Waals surface area contributed by atoms with Crippen LogP contribution in [-0.4, -0.2) is 20.4 Å². The summed E-state index contributed by atoms with van der Waals surface area (Å²) in [4.78, 5) is 24.0. The van der Waals surface area contributed by atoms with Crippen molar-refractivity contribution in [1.29, 1.82) is 0 Å². The molecule has 0 spiro atoms. The molecule has 8 heavy (non-hydrogen) atoms. The predicted octanol–water partition coefficient (Wildman–Crippen LogP) is -3.55. The van der Waals surface area contributed by atoms with Crippen LogP contribution in [0.2, 0.25) is 0 Å². The minimum absolute atomic E-state index is 0. The number of rotatable bonds is 0. The molecule has 0 saturated heterocycles. The minimum atomic E-state index is 0. The predicted molar refractivity (Wildman–Crippen MR) is 21.4 cm³/mol. The first-order valence-electron chi connectivity index (χ1n) is 0.866. The molecule has 0 amide bonds. The topological polar surface area (TPSA) is 51.2 Å². The first-order valence-corrected chi connectivity index (χ1v) is 0.866. The second-order valence-corrected chi connectivity index (χ2v) is 0. The molecule has 50 valence electrons. The van der Waals surface area contributed by atoms with E-state index in [1.165, 1.54) is 0 Å². The number of hydrogen-bond acceptors (Lipinski definition) is 3. The van der Waals surface area contributed by atoms with Gasteiger partial charge >= 0.3 is 20.4 Å². The van der Waals surface area contributed by atoms with Gasteiger partial charge in [0, 0.05) is 0 Å². The number of carbonyl (C=O) groups is 3. The molecule has 0 radical (unpaired) electrons. The third-order valence-electron chi connectivity index (χ3n) is 0. The summed E-state index contributed by atoms with van der Waals surface area (Å²) in [6.45, 7) is 6.00. The van der Waals surface area contributed by atoms with Gasteiger partial charge < -0.3 is 26.8 Å². The van der Waals surface area contributed by atoms with Gasteiger partial charge in [0.1, 0.15) is 20.4 Å². The van der Waals surface area contributed by atoms with Crippen molar-refractivity contribution in [3.8, 4) is 0 Å². The zero-order chi connectivity index (χ0) is 6.00. The first-order chi connectivity index (χ1) is 3.00. The molecular formula is C3H6ClO3Re. The van der Waals surface area contributed by atoms with Crippen LogP contribution < -0.4 is 12.4 Å². The monoisotopic (exact) mass is 312 g/mol. The third kappa shape index (κ3) is 104000. The maximum Gasteiger partial charge on any atom is 1.00 e. The average Bonchev–Trinajstić information content (AvgIpc) is 1.81. The number of carbonyl (C=O) groups excluding carboxylic acids is 3. The van der Waals surface area contributed by atoms with Crippen molar-refractivity contribution in [3.05, 3.63) is 0 Å². The van der Waals surface area contributed by atoms with Crippen LogP contribution in [-0.2, 0) is 34.8 Å². The molecule has 0 aliphatic carbocycles. The fraction of sp³-hybridized carbons (Fsp3) is 0. The van der Waals surface area contributed by atoms with Crippen molar-refractivity contribution in [1.82, 2.24) is 0 Å². The van der Waals surface area contributed by atoms with E-state index in [0.717, 1.165) is 0 Å². The SMILES string of the molecule is C=O.C=O.C=O.[Cl-].[Re+]. The fourth-order valence-corrected chi connectivity index (χ4v) is 0. The van der Waals surface area contributed by atoms with Gasteiger partial charge in [-0.25, -0.2) is 0 Å². The van der Waals surface area contributed by atoms with Gasteiger partial charge in [-0.3, -0.25) is 0 Å². The summed E-state index contributed by atoms with van der Waals surface area (Å²) in [7, 11) is 0. The van der Waals surface area contributed by atoms with Gasteiger partial charge in [-0.05, 0) is 0 Å². The van der Waals surface area contributed by atoms with Crippen LogP contribution in [0.4, 0.5) is 0 Å². The molecular weight excluding hydrogens is 306 g/mol. The van der Waals surface area contributed by atoms with Crippen molar-refractivity contribution in [2.24, 2.45) is 0 Å².